The van der Waals surface area contributed by atoms with Crippen LogP contribution in [-0.2, 0) is 23.0 Å². The zero-order valence-corrected chi connectivity index (χ0v) is 10.9. The fraction of sp³-hybridized carbons (Fsp3) is 0.692. The van der Waals surface area contributed by atoms with E-state index in [9.17, 15) is 4.79 Å². The highest BCUT2D eigenvalue weighted by Crippen LogP contribution is 2.08. The molecular weight excluding hydrogens is 230 g/mol. The number of hydrogen-bond acceptors (Lipinski definition) is 4. The van der Waals surface area contributed by atoms with Crippen LogP contribution < -0.4 is 5.32 Å². The van der Waals surface area contributed by atoms with Crippen molar-refractivity contribution in [2.24, 2.45) is 7.05 Å². The van der Waals surface area contributed by atoms with E-state index in [2.05, 4.69) is 10.3 Å². The number of nitrogens with one attached hydrogen (secondary N) is 1. The molecule has 2 heterocycles. The Labute approximate surface area is 108 Å². The van der Waals surface area contributed by atoms with Crippen LogP contribution in [-0.4, -0.2) is 41.1 Å². The summed E-state index contributed by atoms with van der Waals surface area (Å²) in [6.45, 7) is 2.58. The molecule has 5 heteroatoms. The Hall–Kier alpha value is -1.20. The van der Waals surface area contributed by atoms with Gasteiger partial charge in [-0.1, -0.05) is 0 Å². The van der Waals surface area contributed by atoms with Crippen LogP contribution in [0.4, 0.5) is 0 Å². The maximum Gasteiger partial charge on any atom is 0.142 e. The molecule has 0 radical (unpaired) electrons. The number of piperidine rings is 1. The minimum Gasteiger partial charge on any atom is -0.378 e. The van der Waals surface area contributed by atoms with E-state index in [4.69, 9.17) is 4.74 Å². The summed E-state index contributed by atoms with van der Waals surface area (Å²) in [6.07, 6.45) is 6.88. The molecule has 1 aliphatic heterocycles. The van der Waals surface area contributed by atoms with Gasteiger partial charge in [0.25, 0.3) is 0 Å². The molecule has 1 fully saturated rings. The predicted octanol–water partition coefficient (Wildman–Crippen LogP) is 0.690. The van der Waals surface area contributed by atoms with Crippen LogP contribution in [0.1, 0.15) is 25.1 Å². The Kier molecular flexibility index (Phi) is 4.90. The summed E-state index contributed by atoms with van der Waals surface area (Å²) in [4.78, 5) is 15.9. The molecule has 0 aromatic carbocycles. The summed E-state index contributed by atoms with van der Waals surface area (Å²) in [5.74, 6) is 1.01. The predicted molar refractivity (Wildman–Crippen MR) is 68.4 cm³/mol. The molecule has 0 unspecified atom stereocenters. The minimum atomic E-state index is 0.193. The molecule has 0 amide bonds. The van der Waals surface area contributed by atoms with Gasteiger partial charge in [0, 0.05) is 25.9 Å². The van der Waals surface area contributed by atoms with Crippen LogP contribution in [0.5, 0.6) is 0 Å². The molecular formula is C13H21N3O2. The monoisotopic (exact) mass is 251 g/mol. The highest BCUT2D eigenvalue weighted by molar-refractivity contribution is 5.80. The van der Waals surface area contributed by atoms with Crippen molar-refractivity contribution in [2.75, 3.05) is 19.7 Å². The molecule has 1 saturated heterocycles. The average molecular weight is 251 g/mol. The Morgan fingerprint density at radius 1 is 1.56 bits per heavy atom. The molecule has 100 valence electrons. The first-order valence-electron chi connectivity index (χ1n) is 6.56. The van der Waals surface area contributed by atoms with Gasteiger partial charge in [-0.25, -0.2) is 4.98 Å². The molecule has 0 bridgehead atoms. The van der Waals surface area contributed by atoms with Crippen LogP contribution in [0.15, 0.2) is 12.4 Å². The number of imidazole rings is 1. The molecule has 1 N–H and O–H groups in total. The van der Waals surface area contributed by atoms with Gasteiger partial charge in [-0.3, -0.25) is 4.79 Å². The van der Waals surface area contributed by atoms with Crippen LogP contribution >= 0.6 is 0 Å². The van der Waals surface area contributed by atoms with Crippen molar-refractivity contribution < 1.29 is 9.53 Å². The quantitative estimate of drug-likeness (QED) is 0.808. The summed E-state index contributed by atoms with van der Waals surface area (Å²) in [5.41, 5.74) is 0. The number of aryl methyl sites for hydroxylation is 1. The second-order valence-electron chi connectivity index (χ2n) is 4.74. The standard InChI is InChI=1S/C13H21N3O2/c1-16-8-7-15-13(16)10-11(17)4-9-18-12-2-5-14-6-3-12/h7-8,12,14H,2-6,9-10H2,1H3. The van der Waals surface area contributed by atoms with E-state index in [1.807, 2.05) is 17.8 Å². The molecule has 0 saturated carbocycles. The van der Waals surface area contributed by atoms with Gasteiger partial charge in [-0.15, -0.1) is 0 Å². The van der Waals surface area contributed by atoms with Gasteiger partial charge in [0.1, 0.15) is 11.6 Å². The number of Topliss-reactive ketones (excluding diaryl/α,β-unsaturated/α-hetero) is 1. The number of nitrogens with zero attached hydrogens (tertiary/aromatic N) is 2. The van der Waals surface area contributed by atoms with Crippen molar-refractivity contribution in [1.29, 1.82) is 0 Å². The third-order valence-corrected chi connectivity index (χ3v) is 3.30. The van der Waals surface area contributed by atoms with Crippen LogP contribution in [0.3, 0.4) is 0 Å². The van der Waals surface area contributed by atoms with E-state index < -0.39 is 0 Å². The summed E-state index contributed by atoms with van der Waals surface area (Å²) >= 11 is 0. The fourth-order valence-electron chi connectivity index (χ4n) is 2.13. The van der Waals surface area contributed by atoms with Gasteiger partial charge in [0.15, 0.2) is 0 Å². The maximum atomic E-state index is 11.8. The summed E-state index contributed by atoms with van der Waals surface area (Å²) in [7, 11) is 1.90. The zero-order valence-electron chi connectivity index (χ0n) is 10.9. The highest BCUT2D eigenvalue weighted by Gasteiger charge is 2.14. The first-order chi connectivity index (χ1) is 8.75. The van der Waals surface area contributed by atoms with Gasteiger partial charge in [0.05, 0.1) is 19.1 Å². The molecule has 0 spiro atoms. The van der Waals surface area contributed by atoms with Crippen molar-refractivity contribution in [3.8, 4) is 0 Å². The Morgan fingerprint density at radius 2 is 2.33 bits per heavy atom. The van der Waals surface area contributed by atoms with Crippen molar-refractivity contribution in [2.45, 2.75) is 31.8 Å². The first kappa shape index (κ1) is 13.2. The Bertz CT molecular complexity index is 383. The van der Waals surface area contributed by atoms with Crippen molar-refractivity contribution in [3.05, 3.63) is 18.2 Å². The third-order valence-electron chi connectivity index (χ3n) is 3.30. The average Bonchev–Trinajstić information content (AvgIpc) is 2.76. The molecule has 0 atom stereocenters. The lowest BCUT2D eigenvalue weighted by Crippen LogP contribution is -2.32. The molecule has 1 aliphatic rings. The van der Waals surface area contributed by atoms with Crippen molar-refractivity contribution >= 4 is 5.78 Å². The number of aromatic nitrogens is 2. The van der Waals surface area contributed by atoms with Crippen LogP contribution in [0.2, 0.25) is 0 Å². The van der Waals surface area contributed by atoms with E-state index >= 15 is 0 Å². The Balaban J connectivity index is 1.64. The lowest BCUT2D eigenvalue weighted by molar-refractivity contribution is -0.120. The Morgan fingerprint density at radius 3 is 3.00 bits per heavy atom. The van der Waals surface area contributed by atoms with Gasteiger partial charge in [-0.05, 0) is 25.9 Å². The van der Waals surface area contributed by atoms with Gasteiger partial charge in [0.2, 0.25) is 0 Å². The summed E-state index contributed by atoms with van der Waals surface area (Å²) < 4.78 is 7.60. The molecule has 2 rings (SSSR count). The smallest absolute Gasteiger partial charge is 0.142 e. The summed E-state index contributed by atoms with van der Waals surface area (Å²) in [5, 5.41) is 3.29. The van der Waals surface area contributed by atoms with E-state index in [0.717, 1.165) is 31.8 Å². The van der Waals surface area contributed by atoms with Gasteiger partial charge in [-0.2, -0.15) is 0 Å². The van der Waals surface area contributed by atoms with Gasteiger partial charge < -0.3 is 14.6 Å². The van der Waals surface area contributed by atoms with Crippen molar-refractivity contribution in [3.63, 3.8) is 0 Å². The fourth-order valence-corrected chi connectivity index (χ4v) is 2.13. The normalized spacial score (nSPS) is 16.9. The minimum absolute atomic E-state index is 0.193. The largest absolute Gasteiger partial charge is 0.378 e. The SMILES string of the molecule is Cn1ccnc1CC(=O)CCOC1CCNCC1. The van der Waals surface area contributed by atoms with Crippen LogP contribution in [0.25, 0.3) is 0 Å². The molecule has 1 aromatic rings. The number of ketones is 1. The number of carbonyl (C=O) groups is 1. The number of hydrogen-bond donors (Lipinski definition) is 1. The second kappa shape index (κ2) is 6.66. The lowest BCUT2D eigenvalue weighted by Gasteiger charge is -2.22. The zero-order chi connectivity index (χ0) is 12.8. The molecule has 1 aromatic heterocycles. The van der Waals surface area contributed by atoms with Crippen molar-refractivity contribution in [1.82, 2.24) is 14.9 Å². The highest BCUT2D eigenvalue weighted by atomic mass is 16.5. The third kappa shape index (κ3) is 3.92. The number of carbonyl (C=O) groups excluding carboxylic acids is 1. The van der Waals surface area contributed by atoms with E-state index in [1.54, 1.807) is 6.20 Å². The van der Waals surface area contributed by atoms with E-state index in [1.165, 1.54) is 0 Å². The molecule has 5 nitrogen and oxygen atoms in total. The summed E-state index contributed by atoms with van der Waals surface area (Å²) in [6, 6.07) is 0. The topological polar surface area (TPSA) is 56.2 Å². The van der Waals surface area contributed by atoms with Crippen LogP contribution in [0, 0.1) is 0 Å². The number of ether oxygens (including phenoxy) is 1. The van der Waals surface area contributed by atoms with E-state index in [0.29, 0.717) is 25.6 Å². The first-order valence-corrected chi connectivity index (χ1v) is 6.56. The van der Waals surface area contributed by atoms with E-state index in [-0.39, 0.29) is 5.78 Å². The number of rotatable bonds is 6. The lowest BCUT2D eigenvalue weighted by atomic mass is 10.1. The van der Waals surface area contributed by atoms with Gasteiger partial charge >= 0.3 is 0 Å². The molecule has 18 heavy (non-hydrogen) atoms. The maximum absolute atomic E-state index is 11.8. The molecule has 0 aliphatic carbocycles. The second-order valence-corrected chi connectivity index (χ2v) is 4.74.